The molecule has 0 aliphatic heterocycles. The van der Waals surface area contributed by atoms with Gasteiger partial charge in [0.1, 0.15) is 0 Å². The van der Waals surface area contributed by atoms with Gasteiger partial charge in [0, 0.05) is 15.3 Å². The van der Waals surface area contributed by atoms with E-state index in [1.807, 2.05) is 0 Å². The highest BCUT2D eigenvalue weighted by atomic mass is 127. The maximum atomic E-state index is 3.71. The SMILES string of the molecule is CCC1CCCC(Nc2ccc(C)c(I)c2)C1. The van der Waals surface area contributed by atoms with Crippen molar-refractivity contribution < 1.29 is 0 Å². The van der Waals surface area contributed by atoms with Crippen LogP contribution in [0.25, 0.3) is 0 Å². The molecule has 94 valence electrons. The van der Waals surface area contributed by atoms with E-state index in [-0.39, 0.29) is 0 Å². The Morgan fingerprint density at radius 2 is 2.18 bits per heavy atom. The van der Waals surface area contributed by atoms with Gasteiger partial charge in [0.25, 0.3) is 0 Å². The number of hydrogen-bond donors (Lipinski definition) is 1. The van der Waals surface area contributed by atoms with Crippen molar-refractivity contribution in [3.8, 4) is 0 Å². The second kappa shape index (κ2) is 6.07. The van der Waals surface area contributed by atoms with Crippen LogP contribution >= 0.6 is 22.6 Å². The lowest BCUT2D eigenvalue weighted by Crippen LogP contribution is -2.27. The van der Waals surface area contributed by atoms with Crippen LogP contribution in [0.3, 0.4) is 0 Å². The molecule has 1 nitrogen and oxygen atoms in total. The lowest BCUT2D eigenvalue weighted by Gasteiger charge is -2.30. The molecule has 17 heavy (non-hydrogen) atoms. The number of rotatable bonds is 3. The van der Waals surface area contributed by atoms with E-state index < -0.39 is 0 Å². The predicted octanol–water partition coefficient (Wildman–Crippen LogP) is 4.98. The molecule has 0 spiro atoms. The van der Waals surface area contributed by atoms with E-state index in [0.29, 0.717) is 6.04 Å². The molecule has 1 aromatic carbocycles. The van der Waals surface area contributed by atoms with Gasteiger partial charge in [0.05, 0.1) is 0 Å². The molecule has 1 N–H and O–H groups in total. The molecule has 2 rings (SSSR count). The molecule has 0 amide bonds. The Morgan fingerprint density at radius 3 is 2.88 bits per heavy atom. The molecule has 0 radical (unpaired) electrons. The van der Waals surface area contributed by atoms with Crippen molar-refractivity contribution in [2.24, 2.45) is 5.92 Å². The van der Waals surface area contributed by atoms with Gasteiger partial charge in [-0.3, -0.25) is 0 Å². The van der Waals surface area contributed by atoms with E-state index in [4.69, 9.17) is 0 Å². The molecule has 0 aromatic heterocycles. The van der Waals surface area contributed by atoms with E-state index in [2.05, 4.69) is 60.0 Å². The van der Waals surface area contributed by atoms with Crippen LogP contribution in [-0.4, -0.2) is 6.04 Å². The Bertz CT molecular complexity index is 375. The first kappa shape index (κ1) is 13.2. The molecular formula is C15H22IN. The first-order valence-electron chi connectivity index (χ1n) is 6.71. The predicted molar refractivity (Wildman–Crippen MR) is 83.6 cm³/mol. The molecule has 2 unspecified atom stereocenters. The zero-order chi connectivity index (χ0) is 12.3. The number of benzene rings is 1. The van der Waals surface area contributed by atoms with Gasteiger partial charge in [-0.2, -0.15) is 0 Å². The summed E-state index contributed by atoms with van der Waals surface area (Å²) in [5.74, 6) is 0.936. The fourth-order valence-corrected chi connectivity index (χ4v) is 3.23. The van der Waals surface area contributed by atoms with Crippen LogP contribution in [0.5, 0.6) is 0 Å². The largest absolute Gasteiger partial charge is 0.382 e. The van der Waals surface area contributed by atoms with Crippen LogP contribution in [0.1, 0.15) is 44.6 Å². The average Bonchev–Trinajstić information content (AvgIpc) is 2.34. The Kier molecular flexibility index (Phi) is 4.71. The van der Waals surface area contributed by atoms with Crippen molar-refractivity contribution in [1.29, 1.82) is 0 Å². The summed E-state index contributed by atoms with van der Waals surface area (Å²) >= 11 is 2.42. The van der Waals surface area contributed by atoms with Gasteiger partial charge >= 0.3 is 0 Å². The molecule has 0 saturated heterocycles. The summed E-state index contributed by atoms with van der Waals surface area (Å²) in [7, 11) is 0. The smallest absolute Gasteiger partial charge is 0.0353 e. The Balaban J connectivity index is 1.97. The van der Waals surface area contributed by atoms with Gasteiger partial charge in [0.15, 0.2) is 0 Å². The number of halogens is 1. The number of anilines is 1. The molecule has 2 atom stereocenters. The molecule has 1 fully saturated rings. The molecule has 1 saturated carbocycles. The third-order valence-electron chi connectivity index (χ3n) is 3.90. The Hall–Kier alpha value is -0.250. The maximum Gasteiger partial charge on any atom is 0.0353 e. The minimum Gasteiger partial charge on any atom is -0.382 e. The third-order valence-corrected chi connectivity index (χ3v) is 5.06. The zero-order valence-corrected chi connectivity index (χ0v) is 13.0. The molecule has 0 heterocycles. The van der Waals surface area contributed by atoms with Crippen LogP contribution < -0.4 is 5.32 Å². The first-order valence-corrected chi connectivity index (χ1v) is 7.79. The van der Waals surface area contributed by atoms with Gasteiger partial charge < -0.3 is 5.32 Å². The minimum absolute atomic E-state index is 0.687. The van der Waals surface area contributed by atoms with Gasteiger partial charge in [-0.25, -0.2) is 0 Å². The van der Waals surface area contributed by atoms with Crippen molar-refractivity contribution in [3.63, 3.8) is 0 Å². The molecular weight excluding hydrogens is 321 g/mol. The average molecular weight is 343 g/mol. The van der Waals surface area contributed by atoms with Crippen LogP contribution in [0.4, 0.5) is 5.69 Å². The van der Waals surface area contributed by atoms with Gasteiger partial charge in [-0.15, -0.1) is 0 Å². The topological polar surface area (TPSA) is 12.0 Å². The summed E-state index contributed by atoms with van der Waals surface area (Å²) in [4.78, 5) is 0. The van der Waals surface area contributed by atoms with Crippen LogP contribution in [-0.2, 0) is 0 Å². The number of hydrogen-bond acceptors (Lipinski definition) is 1. The van der Waals surface area contributed by atoms with Crippen molar-refractivity contribution in [2.45, 2.75) is 52.0 Å². The standard InChI is InChI=1S/C15H22IN/c1-3-12-5-4-6-13(9-12)17-14-8-7-11(2)15(16)10-14/h7-8,10,12-13,17H,3-6,9H2,1-2H3. The molecule has 1 aliphatic rings. The molecule has 0 bridgehead atoms. The maximum absolute atomic E-state index is 3.71. The fraction of sp³-hybridized carbons (Fsp3) is 0.600. The zero-order valence-electron chi connectivity index (χ0n) is 10.8. The normalized spacial score (nSPS) is 24.6. The fourth-order valence-electron chi connectivity index (χ4n) is 2.71. The van der Waals surface area contributed by atoms with Gasteiger partial charge in [-0.1, -0.05) is 32.3 Å². The lowest BCUT2D eigenvalue weighted by atomic mass is 9.84. The highest BCUT2D eigenvalue weighted by Gasteiger charge is 2.20. The number of aryl methyl sites for hydroxylation is 1. The van der Waals surface area contributed by atoms with E-state index in [1.54, 1.807) is 0 Å². The van der Waals surface area contributed by atoms with E-state index in [9.17, 15) is 0 Å². The Labute approximate surface area is 119 Å². The molecule has 1 aromatic rings. The van der Waals surface area contributed by atoms with Gasteiger partial charge in [0.2, 0.25) is 0 Å². The second-order valence-electron chi connectivity index (χ2n) is 5.25. The monoisotopic (exact) mass is 343 g/mol. The summed E-state index contributed by atoms with van der Waals surface area (Å²) in [5, 5.41) is 3.71. The highest BCUT2D eigenvalue weighted by molar-refractivity contribution is 14.1. The first-order chi connectivity index (χ1) is 8.19. The number of nitrogens with one attached hydrogen (secondary N) is 1. The van der Waals surface area contributed by atoms with E-state index in [1.165, 1.54) is 46.9 Å². The van der Waals surface area contributed by atoms with Crippen LogP contribution in [0, 0.1) is 16.4 Å². The lowest BCUT2D eigenvalue weighted by molar-refractivity contribution is 0.327. The second-order valence-corrected chi connectivity index (χ2v) is 6.41. The van der Waals surface area contributed by atoms with Crippen molar-refractivity contribution in [2.75, 3.05) is 5.32 Å². The van der Waals surface area contributed by atoms with Crippen molar-refractivity contribution >= 4 is 28.3 Å². The Morgan fingerprint density at radius 1 is 1.35 bits per heavy atom. The summed E-state index contributed by atoms with van der Waals surface area (Å²) < 4.78 is 1.36. The van der Waals surface area contributed by atoms with E-state index >= 15 is 0 Å². The molecule has 2 heteroatoms. The third kappa shape index (κ3) is 3.60. The van der Waals surface area contributed by atoms with E-state index in [0.717, 1.165) is 5.92 Å². The van der Waals surface area contributed by atoms with Crippen LogP contribution in [0.2, 0.25) is 0 Å². The van der Waals surface area contributed by atoms with Gasteiger partial charge in [-0.05, 0) is 66.0 Å². The molecule has 1 aliphatic carbocycles. The van der Waals surface area contributed by atoms with Crippen molar-refractivity contribution in [3.05, 3.63) is 27.3 Å². The summed E-state index contributed by atoms with van der Waals surface area (Å²) in [6.07, 6.45) is 6.84. The quantitative estimate of drug-likeness (QED) is 0.763. The highest BCUT2D eigenvalue weighted by Crippen LogP contribution is 2.29. The minimum atomic E-state index is 0.687. The summed E-state index contributed by atoms with van der Waals surface area (Å²) in [6.45, 7) is 4.49. The summed E-state index contributed by atoms with van der Waals surface area (Å²) in [5.41, 5.74) is 2.66. The van der Waals surface area contributed by atoms with Crippen molar-refractivity contribution in [1.82, 2.24) is 0 Å². The summed E-state index contributed by atoms with van der Waals surface area (Å²) in [6, 6.07) is 7.38. The van der Waals surface area contributed by atoms with Crippen LogP contribution in [0.15, 0.2) is 18.2 Å².